The van der Waals surface area contributed by atoms with Crippen molar-refractivity contribution in [1.82, 2.24) is 19.2 Å². The van der Waals surface area contributed by atoms with Crippen molar-refractivity contribution < 1.29 is 0 Å². The molecule has 0 saturated carbocycles. The minimum absolute atomic E-state index is 0.764. The molecular formula is C20H25N5. The maximum atomic E-state index is 6.04. The zero-order chi connectivity index (χ0) is 17.4. The molecule has 0 bridgehead atoms. The summed E-state index contributed by atoms with van der Waals surface area (Å²) in [4.78, 5) is 9.79. The molecule has 0 aliphatic carbocycles. The lowest BCUT2D eigenvalue weighted by Gasteiger charge is -2.32. The molecule has 0 unspecified atom stereocenters. The molecular weight excluding hydrogens is 310 g/mol. The number of imidazole rings is 1. The Kier molecular flexibility index (Phi) is 4.19. The smallest absolute Gasteiger partial charge is 0.137 e. The van der Waals surface area contributed by atoms with Crippen LogP contribution in [0.1, 0.15) is 11.3 Å². The Labute approximate surface area is 148 Å². The van der Waals surface area contributed by atoms with Crippen LogP contribution in [-0.4, -0.2) is 52.4 Å². The Morgan fingerprint density at radius 1 is 1.00 bits per heavy atom. The van der Waals surface area contributed by atoms with Crippen LogP contribution in [0.3, 0.4) is 0 Å². The summed E-state index contributed by atoms with van der Waals surface area (Å²) >= 11 is 0. The predicted molar refractivity (Wildman–Crippen MR) is 103 cm³/mol. The van der Waals surface area contributed by atoms with Crippen LogP contribution in [0.2, 0.25) is 0 Å². The summed E-state index contributed by atoms with van der Waals surface area (Å²) in [5.41, 5.74) is 12.5. The number of likely N-dealkylation sites (N-methyl/N-ethyl adjacent to an activating group) is 1. The molecule has 130 valence electrons. The Bertz CT molecular complexity index is 873. The summed E-state index contributed by atoms with van der Waals surface area (Å²) in [5, 5.41) is 0. The van der Waals surface area contributed by atoms with E-state index in [0.717, 1.165) is 55.3 Å². The lowest BCUT2D eigenvalue weighted by Crippen LogP contribution is -2.44. The molecule has 1 aliphatic rings. The standard InChI is InChI=1S/C20H25N5/c1-15-3-5-16(6-4-15)20-18(14-24-11-9-23(2)10-12-24)25-13-17(21)7-8-19(25)22-20/h3-8,13H,9-12,14,21H2,1-2H3. The van der Waals surface area contributed by atoms with Crippen LogP contribution in [0.5, 0.6) is 0 Å². The van der Waals surface area contributed by atoms with Gasteiger partial charge in [-0.05, 0) is 26.1 Å². The van der Waals surface area contributed by atoms with Gasteiger partial charge in [-0.25, -0.2) is 4.98 Å². The third-order valence-electron chi connectivity index (χ3n) is 5.03. The number of nitrogens with zero attached hydrogens (tertiary/aromatic N) is 4. The van der Waals surface area contributed by atoms with Crippen LogP contribution in [0.4, 0.5) is 5.69 Å². The Morgan fingerprint density at radius 3 is 2.44 bits per heavy atom. The highest BCUT2D eigenvalue weighted by atomic mass is 15.3. The van der Waals surface area contributed by atoms with Gasteiger partial charge in [0.25, 0.3) is 0 Å². The van der Waals surface area contributed by atoms with E-state index in [2.05, 4.69) is 52.4 Å². The molecule has 1 fully saturated rings. The van der Waals surface area contributed by atoms with Gasteiger partial charge >= 0.3 is 0 Å². The van der Waals surface area contributed by atoms with Crippen molar-refractivity contribution in [2.45, 2.75) is 13.5 Å². The molecule has 2 aromatic heterocycles. The average Bonchev–Trinajstić information content (AvgIpc) is 2.95. The molecule has 5 nitrogen and oxygen atoms in total. The lowest BCUT2D eigenvalue weighted by atomic mass is 10.1. The molecule has 4 rings (SSSR count). The van der Waals surface area contributed by atoms with Crippen LogP contribution in [0.15, 0.2) is 42.6 Å². The number of fused-ring (bicyclic) bond motifs is 1. The molecule has 3 heterocycles. The molecule has 0 spiro atoms. The van der Waals surface area contributed by atoms with E-state index in [-0.39, 0.29) is 0 Å². The van der Waals surface area contributed by atoms with Gasteiger partial charge in [0.05, 0.1) is 11.4 Å². The molecule has 3 aromatic rings. The molecule has 0 radical (unpaired) electrons. The first-order valence-electron chi connectivity index (χ1n) is 8.84. The minimum Gasteiger partial charge on any atom is -0.398 e. The first-order chi connectivity index (χ1) is 12.1. The van der Waals surface area contributed by atoms with Gasteiger partial charge in [-0.15, -0.1) is 0 Å². The first-order valence-corrected chi connectivity index (χ1v) is 8.84. The topological polar surface area (TPSA) is 49.8 Å². The summed E-state index contributed by atoms with van der Waals surface area (Å²) in [6, 6.07) is 12.5. The third-order valence-corrected chi connectivity index (χ3v) is 5.03. The third kappa shape index (κ3) is 3.25. The van der Waals surface area contributed by atoms with Gasteiger partial charge in [0.15, 0.2) is 0 Å². The highest BCUT2D eigenvalue weighted by Crippen LogP contribution is 2.27. The zero-order valence-electron chi connectivity index (χ0n) is 14.9. The van der Waals surface area contributed by atoms with Crippen LogP contribution in [0.25, 0.3) is 16.9 Å². The van der Waals surface area contributed by atoms with Crippen molar-refractivity contribution in [2.75, 3.05) is 39.0 Å². The minimum atomic E-state index is 0.764. The average molecular weight is 335 g/mol. The van der Waals surface area contributed by atoms with Gasteiger partial charge in [0.1, 0.15) is 5.65 Å². The first kappa shape index (κ1) is 16.1. The van der Waals surface area contributed by atoms with Crippen LogP contribution in [-0.2, 0) is 6.54 Å². The largest absolute Gasteiger partial charge is 0.398 e. The Balaban J connectivity index is 1.77. The summed E-state index contributed by atoms with van der Waals surface area (Å²) in [5.74, 6) is 0. The second kappa shape index (κ2) is 6.50. The van der Waals surface area contributed by atoms with E-state index in [0.29, 0.717) is 0 Å². The van der Waals surface area contributed by atoms with E-state index in [1.807, 2.05) is 18.3 Å². The molecule has 0 atom stereocenters. The van der Waals surface area contributed by atoms with E-state index in [4.69, 9.17) is 10.7 Å². The van der Waals surface area contributed by atoms with Crippen LogP contribution < -0.4 is 5.73 Å². The highest BCUT2D eigenvalue weighted by molar-refractivity contribution is 5.67. The van der Waals surface area contributed by atoms with Crippen molar-refractivity contribution in [3.05, 3.63) is 53.9 Å². The summed E-state index contributed by atoms with van der Waals surface area (Å²) in [7, 11) is 2.18. The number of anilines is 1. The molecule has 0 amide bonds. The van der Waals surface area contributed by atoms with Gasteiger partial charge in [-0.2, -0.15) is 0 Å². The molecule has 1 aliphatic heterocycles. The number of hydrogen-bond acceptors (Lipinski definition) is 4. The summed E-state index contributed by atoms with van der Waals surface area (Å²) in [6.45, 7) is 7.39. The monoisotopic (exact) mass is 335 g/mol. The normalized spacial score (nSPS) is 16.6. The zero-order valence-corrected chi connectivity index (χ0v) is 14.9. The van der Waals surface area contributed by atoms with Gasteiger partial charge in [0.2, 0.25) is 0 Å². The van der Waals surface area contributed by atoms with Gasteiger partial charge in [-0.1, -0.05) is 29.8 Å². The van der Waals surface area contributed by atoms with Crippen molar-refractivity contribution in [1.29, 1.82) is 0 Å². The fraction of sp³-hybridized carbons (Fsp3) is 0.350. The number of aryl methyl sites for hydroxylation is 1. The fourth-order valence-corrected chi connectivity index (χ4v) is 3.42. The number of nitrogen functional groups attached to an aromatic ring is 1. The number of piperazine rings is 1. The quantitative estimate of drug-likeness (QED) is 0.799. The molecule has 5 heteroatoms. The summed E-state index contributed by atoms with van der Waals surface area (Å²) < 4.78 is 2.16. The van der Waals surface area contributed by atoms with E-state index < -0.39 is 0 Å². The van der Waals surface area contributed by atoms with Gasteiger partial charge < -0.3 is 15.0 Å². The van der Waals surface area contributed by atoms with E-state index in [1.165, 1.54) is 11.3 Å². The SMILES string of the molecule is Cc1ccc(-c2nc3ccc(N)cn3c2CN2CCN(C)CC2)cc1. The number of hydrogen-bond donors (Lipinski definition) is 1. The number of nitrogens with two attached hydrogens (primary N) is 1. The molecule has 2 N–H and O–H groups in total. The van der Waals surface area contributed by atoms with Crippen molar-refractivity contribution in [3.8, 4) is 11.3 Å². The maximum Gasteiger partial charge on any atom is 0.137 e. The second-order valence-corrected chi connectivity index (χ2v) is 7.04. The highest BCUT2D eigenvalue weighted by Gasteiger charge is 2.20. The van der Waals surface area contributed by atoms with E-state index >= 15 is 0 Å². The van der Waals surface area contributed by atoms with Crippen LogP contribution in [0, 0.1) is 6.92 Å². The Morgan fingerprint density at radius 2 is 1.72 bits per heavy atom. The summed E-state index contributed by atoms with van der Waals surface area (Å²) in [6.07, 6.45) is 1.99. The number of rotatable bonds is 3. The van der Waals surface area contributed by atoms with E-state index in [9.17, 15) is 0 Å². The number of aromatic nitrogens is 2. The van der Waals surface area contributed by atoms with Crippen molar-refractivity contribution >= 4 is 11.3 Å². The maximum absolute atomic E-state index is 6.04. The van der Waals surface area contributed by atoms with E-state index in [1.54, 1.807) is 0 Å². The molecule has 1 aromatic carbocycles. The lowest BCUT2D eigenvalue weighted by molar-refractivity contribution is 0.147. The van der Waals surface area contributed by atoms with Crippen molar-refractivity contribution in [2.24, 2.45) is 0 Å². The number of benzene rings is 1. The van der Waals surface area contributed by atoms with Gasteiger partial charge in [-0.3, -0.25) is 4.90 Å². The van der Waals surface area contributed by atoms with Crippen LogP contribution >= 0.6 is 0 Å². The second-order valence-electron chi connectivity index (χ2n) is 7.04. The van der Waals surface area contributed by atoms with Gasteiger partial charge in [0, 0.05) is 50.2 Å². The number of pyridine rings is 1. The predicted octanol–water partition coefficient (Wildman–Crippen LogP) is 2.64. The molecule has 25 heavy (non-hydrogen) atoms. The Hall–Kier alpha value is -2.37. The fourth-order valence-electron chi connectivity index (χ4n) is 3.42. The van der Waals surface area contributed by atoms with Crippen molar-refractivity contribution in [3.63, 3.8) is 0 Å². The molecule has 1 saturated heterocycles.